The zero-order chi connectivity index (χ0) is 21.2. The lowest BCUT2D eigenvalue weighted by atomic mass is 9.72. The molecule has 7 heteroatoms. The number of carbonyl (C=O) groups excluding carboxylic acids is 1. The molecular weight excluding hydrogens is 422 g/mol. The van der Waals surface area contributed by atoms with Crippen LogP contribution in [0.2, 0.25) is 5.02 Å². The van der Waals surface area contributed by atoms with Gasteiger partial charge in [0.1, 0.15) is 11.1 Å². The number of anilines is 1. The van der Waals surface area contributed by atoms with Gasteiger partial charge in [-0.15, -0.1) is 11.3 Å². The van der Waals surface area contributed by atoms with E-state index in [4.69, 9.17) is 23.8 Å². The molecule has 0 fully saturated rings. The predicted octanol–water partition coefficient (Wildman–Crippen LogP) is 5.48. The van der Waals surface area contributed by atoms with Crippen LogP contribution >= 0.6 is 35.2 Å². The van der Waals surface area contributed by atoms with E-state index in [-0.39, 0.29) is 22.9 Å². The first-order valence-electron chi connectivity index (χ1n) is 9.57. The summed E-state index contributed by atoms with van der Waals surface area (Å²) in [5.41, 5.74) is 2.89. The van der Waals surface area contributed by atoms with Crippen LogP contribution in [0.1, 0.15) is 48.8 Å². The van der Waals surface area contributed by atoms with Crippen molar-refractivity contribution >= 4 is 51.2 Å². The van der Waals surface area contributed by atoms with E-state index in [1.807, 2.05) is 12.1 Å². The fraction of sp³-hybridized carbons (Fsp3) is 0.409. The third-order valence-electron chi connectivity index (χ3n) is 5.36. The van der Waals surface area contributed by atoms with Crippen LogP contribution in [0.3, 0.4) is 0 Å². The number of nitrogens with one attached hydrogen (secondary N) is 2. The van der Waals surface area contributed by atoms with Crippen molar-refractivity contribution < 1.29 is 4.79 Å². The van der Waals surface area contributed by atoms with Gasteiger partial charge in [0, 0.05) is 9.90 Å². The lowest BCUT2D eigenvalue weighted by Gasteiger charge is -2.33. The molecule has 1 unspecified atom stereocenters. The van der Waals surface area contributed by atoms with Gasteiger partial charge in [-0.25, -0.2) is 0 Å². The number of nitriles is 1. The molecule has 0 radical (unpaired) electrons. The second-order valence-electron chi connectivity index (χ2n) is 8.43. The number of hydrogen-bond acceptors (Lipinski definition) is 4. The van der Waals surface area contributed by atoms with E-state index < -0.39 is 0 Å². The first-order valence-corrected chi connectivity index (χ1v) is 11.2. The van der Waals surface area contributed by atoms with Crippen LogP contribution in [0.5, 0.6) is 0 Å². The Kier molecular flexibility index (Phi) is 6.62. The molecule has 1 aromatic heterocycles. The maximum atomic E-state index is 12.3. The monoisotopic (exact) mass is 445 g/mol. The summed E-state index contributed by atoms with van der Waals surface area (Å²) >= 11 is 12.8. The Bertz CT molecular complexity index is 968. The lowest BCUT2D eigenvalue weighted by Crippen LogP contribution is -2.35. The van der Waals surface area contributed by atoms with Crippen LogP contribution in [-0.4, -0.2) is 11.0 Å². The number of halogens is 1. The quantitative estimate of drug-likeness (QED) is 0.614. The third-order valence-corrected chi connectivity index (χ3v) is 6.99. The summed E-state index contributed by atoms with van der Waals surface area (Å²) in [6, 6.07) is 9.45. The minimum atomic E-state index is -0.211. The topological polar surface area (TPSA) is 64.9 Å². The molecule has 0 spiro atoms. The molecule has 3 rings (SSSR count). The number of thiocarbonyl (C=S) groups is 1. The number of fused-ring (bicyclic) bond motifs is 1. The zero-order valence-electron chi connectivity index (χ0n) is 16.8. The smallest absolute Gasteiger partial charge is 0.230 e. The van der Waals surface area contributed by atoms with E-state index in [2.05, 4.69) is 37.5 Å². The Balaban J connectivity index is 1.66. The van der Waals surface area contributed by atoms with Gasteiger partial charge in [0.15, 0.2) is 5.11 Å². The van der Waals surface area contributed by atoms with Gasteiger partial charge in [-0.1, -0.05) is 44.5 Å². The number of thiophene rings is 1. The van der Waals surface area contributed by atoms with Crippen LogP contribution in [0.4, 0.5) is 5.00 Å². The normalized spacial score (nSPS) is 15.9. The average Bonchev–Trinajstić information content (AvgIpc) is 2.98. The SMILES string of the molecule is CC(C)(C)C1CCc2c(sc(NC(=S)NC(=O)Cc3ccc(Cl)cc3)c2C#N)C1. The van der Waals surface area contributed by atoms with Gasteiger partial charge in [-0.3, -0.25) is 4.79 Å². The molecule has 0 aliphatic heterocycles. The molecular formula is C22H24ClN3OS2. The van der Waals surface area contributed by atoms with Crippen molar-refractivity contribution in [3.63, 3.8) is 0 Å². The number of nitrogens with zero attached hydrogens (tertiary/aromatic N) is 1. The van der Waals surface area contributed by atoms with Crippen LogP contribution in [-0.2, 0) is 24.1 Å². The Morgan fingerprint density at radius 3 is 2.66 bits per heavy atom. The highest BCUT2D eigenvalue weighted by molar-refractivity contribution is 7.80. The van der Waals surface area contributed by atoms with Crippen LogP contribution in [0.25, 0.3) is 0 Å². The van der Waals surface area contributed by atoms with Crippen molar-refractivity contribution in [1.29, 1.82) is 5.26 Å². The molecule has 2 N–H and O–H groups in total. The van der Waals surface area contributed by atoms with Gasteiger partial charge in [-0.2, -0.15) is 5.26 Å². The Labute approximate surface area is 186 Å². The maximum Gasteiger partial charge on any atom is 0.230 e. The Morgan fingerprint density at radius 1 is 1.34 bits per heavy atom. The highest BCUT2D eigenvalue weighted by Crippen LogP contribution is 2.43. The highest BCUT2D eigenvalue weighted by atomic mass is 35.5. The fourth-order valence-corrected chi connectivity index (χ4v) is 5.31. The van der Waals surface area contributed by atoms with Gasteiger partial charge in [-0.05, 0) is 66.1 Å². The van der Waals surface area contributed by atoms with Crippen molar-refractivity contribution in [3.05, 3.63) is 50.9 Å². The van der Waals surface area contributed by atoms with Crippen molar-refractivity contribution in [2.24, 2.45) is 11.3 Å². The number of rotatable bonds is 3. The summed E-state index contributed by atoms with van der Waals surface area (Å²) < 4.78 is 0. The van der Waals surface area contributed by atoms with Crippen LogP contribution in [0.15, 0.2) is 24.3 Å². The molecule has 1 aromatic carbocycles. The molecule has 152 valence electrons. The Morgan fingerprint density at radius 2 is 2.03 bits per heavy atom. The molecule has 4 nitrogen and oxygen atoms in total. The number of hydrogen-bond donors (Lipinski definition) is 2. The molecule has 29 heavy (non-hydrogen) atoms. The first-order chi connectivity index (χ1) is 13.7. The summed E-state index contributed by atoms with van der Waals surface area (Å²) in [5.74, 6) is 0.386. The molecule has 1 amide bonds. The van der Waals surface area contributed by atoms with E-state index >= 15 is 0 Å². The summed E-state index contributed by atoms with van der Waals surface area (Å²) in [4.78, 5) is 13.5. The standard InChI is InChI=1S/C22H24ClN3OS2/c1-22(2,3)14-6-9-16-17(12-24)20(29-18(16)11-14)26-21(28)25-19(27)10-13-4-7-15(23)8-5-13/h4-5,7-8,14H,6,9-11H2,1-3H3,(H2,25,26,27,28). The van der Waals surface area contributed by atoms with Gasteiger partial charge in [0.25, 0.3) is 0 Å². The maximum absolute atomic E-state index is 12.3. The fourth-order valence-electron chi connectivity index (χ4n) is 3.62. The summed E-state index contributed by atoms with van der Waals surface area (Å²) in [6.07, 6.45) is 3.19. The third kappa shape index (κ3) is 5.36. The van der Waals surface area contributed by atoms with Gasteiger partial charge < -0.3 is 10.6 Å². The zero-order valence-corrected chi connectivity index (χ0v) is 19.2. The van der Waals surface area contributed by atoms with Gasteiger partial charge >= 0.3 is 0 Å². The number of carbonyl (C=O) groups is 1. The average molecular weight is 446 g/mol. The van der Waals surface area contributed by atoms with Crippen molar-refractivity contribution in [2.45, 2.75) is 46.5 Å². The molecule has 1 aliphatic rings. The minimum Gasteiger partial charge on any atom is -0.323 e. The second kappa shape index (κ2) is 8.83. The predicted molar refractivity (Wildman–Crippen MR) is 124 cm³/mol. The lowest BCUT2D eigenvalue weighted by molar-refractivity contribution is -0.119. The Hall–Kier alpha value is -1.94. The van der Waals surface area contributed by atoms with Crippen LogP contribution in [0, 0.1) is 22.7 Å². The van der Waals surface area contributed by atoms with E-state index in [0.29, 0.717) is 16.5 Å². The first kappa shape index (κ1) is 21.8. The van der Waals surface area contributed by atoms with E-state index in [1.54, 1.807) is 23.5 Å². The van der Waals surface area contributed by atoms with E-state index in [9.17, 15) is 10.1 Å². The molecule has 1 atom stereocenters. The molecule has 0 saturated carbocycles. The minimum absolute atomic E-state index is 0.207. The second-order valence-corrected chi connectivity index (χ2v) is 10.4. The van der Waals surface area contributed by atoms with Gasteiger partial charge in [0.2, 0.25) is 5.91 Å². The number of amides is 1. The largest absolute Gasteiger partial charge is 0.323 e. The summed E-state index contributed by atoms with van der Waals surface area (Å²) in [5, 5.41) is 17.0. The van der Waals surface area contributed by atoms with E-state index in [1.165, 1.54) is 4.88 Å². The van der Waals surface area contributed by atoms with Crippen molar-refractivity contribution in [2.75, 3.05) is 5.32 Å². The molecule has 1 aliphatic carbocycles. The van der Waals surface area contributed by atoms with Crippen molar-refractivity contribution in [1.82, 2.24) is 5.32 Å². The highest BCUT2D eigenvalue weighted by Gasteiger charge is 2.32. The van der Waals surface area contributed by atoms with Crippen LogP contribution < -0.4 is 10.6 Å². The number of benzene rings is 1. The van der Waals surface area contributed by atoms with Crippen molar-refractivity contribution in [3.8, 4) is 6.07 Å². The van der Waals surface area contributed by atoms with E-state index in [0.717, 1.165) is 35.4 Å². The van der Waals surface area contributed by atoms with Gasteiger partial charge in [0.05, 0.1) is 12.0 Å². The molecule has 0 bridgehead atoms. The summed E-state index contributed by atoms with van der Waals surface area (Å²) in [6.45, 7) is 6.81. The molecule has 0 saturated heterocycles. The molecule has 1 heterocycles. The molecule has 2 aromatic rings. The summed E-state index contributed by atoms with van der Waals surface area (Å²) in [7, 11) is 0.